The summed E-state index contributed by atoms with van der Waals surface area (Å²) < 4.78 is 0. The van der Waals surface area contributed by atoms with Gasteiger partial charge in [-0.2, -0.15) is 0 Å². The molecule has 2 nitrogen and oxygen atoms in total. The van der Waals surface area contributed by atoms with Crippen LogP contribution in [0.2, 0.25) is 0 Å². The van der Waals surface area contributed by atoms with Crippen molar-refractivity contribution in [2.45, 2.75) is 0 Å². The van der Waals surface area contributed by atoms with Gasteiger partial charge >= 0.3 is 0 Å². The van der Waals surface area contributed by atoms with Crippen molar-refractivity contribution in [2.24, 2.45) is 0 Å². The molecule has 5 rings (SSSR count). The molecule has 32 heavy (non-hydrogen) atoms. The molecule has 152 valence electrons. The summed E-state index contributed by atoms with van der Waals surface area (Å²) in [5, 5.41) is 1.10. The van der Waals surface area contributed by atoms with Gasteiger partial charge in [-0.3, -0.25) is 4.79 Å². The zero-order chi connectivity index (χ0) is 21.8. The van der Waals surface area contributed by atoms with E-state index in [0.717, 1.165) is 38.9 Å². The van der Waals surface area contributed by atoms with E-state index >= 15 is 0 Å². The third kappa shape index (κ3) is 3.99. The largest absolute Gasteiger partial charge is 0.289 e. The number of nitrogens with zero attached hydrogens (tertiary/aromatic N) is 1. The Bertz CT molecular complexity index is 1420. The maximum Gasteiger partial charge on any atom is 0.185 e. The quantitative estimate of drug-likeness (QED) is 0.222. The molecule has 0 amide bonds. The van der Waals surface area contributed by atoms with Gasteiger partial charge in [0.15, 0.2) is 5.78 Å². The third-order valence-corrected chi connectivity index (χ3v) is 5.50. The molecule has 0 aliphatic heterocycles. The Balaban J connectivity index is 1.65. The first-order chi connectivity index (χ1) is 15.8. The minimum atomic E-state index is -0.0184. The zero-order valence-electron chi connectivity index (χ0n) is 17.5. The predicted molar refractivity (Wildman–Crippen MR) is 132 cm³/mol. The van der Waals surface area contributed by atoms with Gasteiger partial charge in [0.05, 0.1) is 11.2 Å². The Hall–Kier alpha value is -4.30. The lowest BCUT2D eigenvalue weighted by atomic mass is 9.94. The Labute approximate surface area is 187 Å². The zero-order valence-corrected chi connectivity index (χ0v) is 17.5. The Morgan fingerprint density at radius 2 is 1.31 bits per heavy atom. The molecule has 0 saturated carbocycles. The lowest BCUT2D eigenvalue weighted by Crippen LogP contribution is -1.95. The first-order valence-corrected chi connectivity index (χ1v) is 10.6. The number of allylic oxidation sites excluding steroid dienone is 1. The van der Waals surface area contributed by atoms with Gasteiger partial charge in [0.1, 0.15) is 0 Å². The van der Waals surface area contributed by atoms with Crippen LogP contribution in [0.4, 0.5) is 0 Å². The van der Waals surface area contributed by atoms with Crippen LogP contribution in [0.25, 0.3) is 39.4 Å². The van der Waals surface area contributed by atoms with Crippen molar-refractivity contribution in [1.82, 2.24) is 4.98 Å². The second kappa shape index (κ2) is 8.83. The molecular formula is C30H21NO. The summed E-state index contributed by atoms with van der Waals surface area (Å²) >= 11 is 0. The molecule has 0 fully saturated rings. The average Bonchev–Trinajstić information content (AvgIpc) is 2.87. The van der Waals surface area contributed by atoms with E-state index in [4.69, 9.17) is 4.98 Å². The molecule has 1 aromatic heterocycles. The normalized spacial score (nSPS) is 11.1. The van der Waals surface area contributed by atoms with Gasteiger partial charge in [-0.1, -0.05) is 109 Å². The van der Waals surface area contributed by atoms with Crippen molar-refractivity contribution in [2.75, 3.05) is 0 Å². The monoisotopic (exact) mass is 411 g/mol. The van der Waals surface area contributed by atoms with Crippen molar-refractivity contribution in [3.63, 3.8) is 0 Å². The number of benzene rings is 4. The van der Waals surface area contributed by atoms with Crippen LogP contribution in [0.15, 0.2) is 121 Å². The van der Waals surface area contributed by atoms with Crippen molar-refractivity contribution >= 4 is 22.8 Å². The van der Waals surface area contributed by atoms with Gasteiger partial charge in [-0.15, -0.1) is 0 Å². The van der Waals surface area contributed by atoms with E-state index in [-0.39, 0.29) is 5.78 Å². The molecule has 1 heterocycles. The average molecular weight is 412 g/mol. The number of para-hydroxylation sites is 1. The molecule has 0 saturated heterocycles. The molecule has 0 atom stereocenters. The Kier molecular flexibility index (Phi) is 5.42. The maximum absolute atomic E-state index is 12.6. The number of carbonyl (C=O) groups excluding carboxylic acids is 1. The molecule has 0 aliphatic rings. The van der Waals surface area contributed by atoms with Gasteiger partial charge < -0.3 is 0 Å². The van der Waals surface area contributed by atoms with E-state index in [1.807, 2.05) is 91.0 Å². The molecule has 4 aromatic carbocycles. The highest BCUT2D eigenvalue weighted by Gasteiger charge is 2.13. The fraction of sp³-hybridized carbons (Fsp3) is 0. The molecule has 0 spiro atoms. The van der Waals surface area contributed by atoms with Crippen LogP contribution >= 0.6 is 0 Å². The fourth-order valence-corrected chi connectivity index (χ4v) is 3.88. The van der Waals surface area contributed by atoms with Gasteiger partial charge in [0.2, 0.25) is 0 Å². The number of ketones is 1. The van der Waals surface area contributed by atoms with E-state index in [1.165, 1.54) is 0 Å². The summed E-state index contributed by atoms with van der Waals surface area (Å²) in [6.45, 7) is 0. The minimum absolute atomic E-state index is 0.0184. The van der Waals surface area contributed by atoms with E-state index < -0.39 is 0 Å². The topological polar surface area (TPSA) is 30.0 Å². The molecule has 5 aromatic rings. The number of aromatic nitrogens is 1. The summed E-state index contributed by atoms with van der Waals surface area (Å²) in [5.74, 6) is -0.0184. The SMILES string of the molecule is O=C(C=Cc1ccccc1-c1nc2ccccc2cc1-c1ccccc1)c1ccccc1. The summed E-state index contributed by atoms with van der Waals surface area (Å²) in [5.41, 5.74) is 6.66. The number of carbonyl (C=O) groups is 1. The predicted octanol–water partition coefficient (Wildman–Crippen LogP) is 7.46. The molecule has 0 aliphatic carbocycles. The van der Waals surface area contributed by atoms with Crippen molar-refractivity contribution in [3.8, 4) is 22.4 Å². The van der Waals surface area contributed by atoms with Gasteiger partial charge in [0, 0.05) is 22.1 Å². The van der Waals surface area contributed by atoms with E-state index in [9.17, 15) is 4.79 Å². The number of hydrogen-bond donors (Lipinski definition) is 0. The van der Waals surface area contributed by atoms with Gasteiger partial charge in [-0.25, -0.2) is 4.98 Å². The number of rotatable bonds is 5. The van der Waals surface area contributed by atoms with Gasteiger partial charge in [0.25, 0.3) is 0 Å². The molecule has 0 N–H and O–H groups in total. The Morgan fingerprint density at radius 1 is 0.656 bits per heavy atom. The molecule has 0 radical (unpaired) electrons. The summed E-state index contributed by atoms with van der Waals surface area (Å²) in [7, 11) is 0. The fourth-order valence-electron chi connectivity index (χ4n) is 3.88. The van der Waals surface area contributed by atoms with Crippen LogP contribution in [0.3, 0.4) is 0 Å². The van der Waals surface area contributed by atoms with Crippen molar-refractivity contribution < 1.29 is 4.79 Å². The van der Waals surface area contributed by atoms with E-state index in [1.54, 1.807) is 6.08 Å². The summed E-state index contributed by atoms with van der Waals surface area (Å²) in [4.78, 5) is 17.7. The highest BCUT2D eigenvalue weighted by molar-refractivity contribution is 6.07. The second-order valence-corrected chi connectivity index (χ2v) is 7.59. The van der Waals surface area contributed by atoms with Crippen LogP contribution in [-0.2, 0) is 0 Å². The minimum Gasteiger partial charge on any atom is -0.289 e. The first-order valence-electron chi connectivity index (χ1n) is 10.6. The third-order valence-electron chi connectivity index (χ3n) is 5.50. The van der Waals surface area contributed by atoms with Crippen LogP contribution in [-0.4, -0.2) is 10.8 Å². The number of fused-ring (bicyclic) bond motifs is 1. The van der Waals surface area contributed by atoms with Crippen molar-refractivity contribution in [1.29, 1.82) is 0 Å². The highest BCUT2D eigenvalue weighted by Crippen LogP contribution is 2.35. The standard InChI is InChI=1S/C30H21NO/c32-29(24-14-5-2-6-15-24)20-19-23-13-7-9-17-26(23)30-27(22-11-3-1-4-12-22)21-25-16-8-10-18-28(25)31-30/h1-21H. The van der Waals surface area contributed by atoms with Crippen LogP contribution in [0, 0.1) is 0 Å². The van der Waals surface area contributed by atoms with Crippen LogP contribution < -0.4 is 0 Å². The van der Waals surface area contributed by atoms with Crippen molar-refractivity contribution in [3.05, 3.63) is 132 Å². The number of hydrogen-bond acceptors (Lipinski definition) is 2. The van der Waals surface area contributed by atoms with E-state index in [2.05, 4.69) is 30.3 Å². The van der Waals surface area contributed by atoms with Crippen LogP contribution in [0.1, 0.15) is 15.9 Å². The highest BCUT2D eigenvalue weighted by atomic mass is 16.1. The molecule has 0 bridgehead atoms. The maximum atomic E-state index is 12.6. The molecule has 2 heteroatoms. The molecule has 0 unspecified atom stereocenters. The second-order valence-electron chi connectivity index (χ2n) is 7.59. The van der Waals surface area contributed by atoms with E-state index in [0.29, 0.717) is 5.56 Å². The lowest BCUT2D eigenvalue weighted by Gasteiger charge is -2.13. The lowest BCUT2D eigenvalue weighted by molar-refractivity contribution is 0.104. The Morgan fingerprint density at radius 3 is 2.12 bits per heavy atom. The first kappa shape index (κ1) is 19.7. The van der Waals surface area contributed by atoms with Crippen LogP contribution in [0.5, 0.6) is 0 Å². The number of pyridine rings is 1. The summed E-state index contributed by atoms with van der Waals surface area (Å²) in [6.07, 6.45) is 3.52. The smallest absolute Gasteiger partial charge is 0.185 e. The van der Waals surface area contributed by atoms with Gasteiger partial charge in [-0.05, 0) is 29.3 Å². The summed E-state index contributed by atoms with van der Waals surface area (Å²) in [6, 6.07) is 38.1. The molecular weight excluding hydrogens is 390 g/mol.